The average molecular weight is 343 g/mol. The fourth-order valence-corrected chi connectivity index (χ4v) is 2.32. The minimum Gasteiger partial charge on any atom is -0.465 e. The molecular weight excluding hydrogens is 332 g/mol. The lowest BCUT2D eigenvalue weighted by Crippen LogP contribution is -2.03. The number of hydrogen-bond donors (Lipinski definition) is 0. The van der Waals surface area contributed by atoms with Gasteiger partial charge in [-0.05, 0) is 53.2 Å². The van der Waals surface area contributed by atoms with E-state index in [1.54, 1.807) is 30.5 Å². The highest BCUT2D eigenvalue weighted by Gasteiger charge is 2.03. The summed E-state index contributed by atoms with van der Waals surface area (Å²) < 4.78 is 11.4. The van der Waals surface area contributed by atoms with Crippen molar-refractivity contribution in [2.75, 3.05) is 0 Å². The van der Waals surface area contributed by atoms with Gasteiger partial charge in [0.2, 0.25) is 0 Å². The van der Waals surface area contributed by atoms with Gasteiger partial charge < -0.3 is 9.15 Å². The van der Waals surface area contributed by atoms with Crippen LogP contribution in [-0.4, -0.2) is 5.97 Å². The molecule has 0 saturated carbocycles. The Morgan fingerprint density at radius 1 is 1.10 bits per heavy atom. The van der Waals surface area contributed by atoms with Crippen LogP contribution in [-0.2, 0) is 4.79 Å². The number of ether oxygens (including phenoxy) is 1. The summed E-state index contributed by atoms with van der Waals surface area (Å²) in [5.74, 6) is 0.678. The topological polar surface area (TPSA) is 39.4 Å². The van der Waals surface area contributed by atoms with Crippen LogP contribution in [0.15, 0.2) is 69.8 Å². The van der Waals surface area contributed by atoms with E-state index in [1.165, 1.54) is 6.08 Å². The van der Waals surface area contributed by atoms with E-state index in [9.17, 15) is 4.79 Å². The van der Waals surface area contributed by atoms with Gasteiger partial charge in [-0.1, -0.05) is 28.1 Å². The lowest BCUT2D eigenvalue weighted by atomic mass is 10.1. The van der Waals surface area contributed by atoms with Crippen molar-refractivity contribution in [1.82, 2.24) is 0 Å². The molecule has 4 heteroatoms. The van der Waals surface area contributed by atoms with Crippen LogP contribution in [0.4, 0.5) is 0 Å². The van der Waals surface area contributed by atoms with Gasteiger partial charge in [0.25, 0.3) is 0 Å². The first-order valence-corrected chi connectivity index (χ1v) is 7.13. The van der Waals surface area contributed by atoms with Crippen LogP contribution >= 0.6 is 15.9 Å². The highest BCUT2D eigenvalue weighted by atomic mass is 79.9. The fraction of sp³-hybridized carbons (Fsp3) is 0. The number of carbonyl (C=O) groups excluding carboxylic acids is 1. The minimum atomic E-state index is -0.442. The highest BCUT2D eigenvalue weighted by molar-refractivity contribution is 9.10. The Morgan fingerprint density at radius 2 is 1.90 bits per heavy atom. The maximum Gasteiger partial charge on any atom is 0.336 e. The van der Waals surface area contributed by atoms with Crippen LogP contribution in [0, 0.1) is 0 Å². The van der Waals surface area contributed by atoms with Crippen molar-refractivity contribution < 1.29 is 13.9 Å². The Hall–Kier alpha value is -2.33. The Kier molecular flexibility index (Phi) is 3.88. The lowest BCUT2D eigenvalue weighted by molar-refractivity contribution is -0.128. The number of fused-ring (bicyclic) bond motifs is 1. The number of benzene rings is 2. The molecule has 104 valence electrons. The molecule has 3 aromatic rings. The molecule has 3 rings (SSSR count). The van der Waals surface area contributed by atoms with Gasteiger partial charge in [0, 0.05) is 10.5 Å². The van der Waals surface area contributed by atoms with Crippen molar-refractivity contribution in [2.24, 2.45) is 0 Å². The van der Waals surface area contributed by atoms with Gasteiger partial charge in [0.05, 0.1) is 6.26 Å². The minimum absolute atomic E-state index is 0.442. The van der Waals surface area contributed by atoms with Gasteiger partial charge in [-0.25, -0.2) is 4.79 Å². The van der Waals surface area contributed by atoms with E-state index in [1.807, 2.05) is 30.3 Å². The Morgan fingerprint density at radius 3 is 2.71 bits per heavy atom. The molecule has 2 aromatic carbocycles. The summed E-state index contributed by atoms with van der Waals surface area (Å²) in [6.07, 6.45) is 4.46. The van der Waals surface area contributed by atoms with Crippen molar-refractivity contribution in [3.05, 3.63) is 71.1 Å². The molecular formula is C17H11BrO3. The fourth-order valence-electron chi connectivity index (χ4n) is 1.94. The number of halogens is 1. The summed E-state index contributed by atoms with van der Waals surface area (Å²) in [7, 11) is 0. The molecule has 0 saturated heterocycles. The largest absolute Gasteiger partial charge is 0.465 e. The Bertz CT molecular complexity index is 804. The second kappa shape index (κ2) is 5.97. The molecule has 0 unspecified atom stereocenters. The molecule has 0 amide bonds. The zero-order chi connectivity index (χ0) is 14.7. The lowest BCUT2D eigenvalue weighted by Gasteiger charge is -2.04. The first kappa shape index (κ1) is 13.6. The van der Waals surface area contributed by atoms with Crippen LogP contribution < -0.4 is 4.74 Å². The van der Waals surface area contributed by atoms with Crippen molar-refractivity contribution >= 4 is 38.7 Å². The molecule has 0 spiro atoms. The summed E-state index contributed by atoms with van der Waals surface area (Å²) in [5, 5.41) is 2.09. The van der Waals surface area contributed by atoms with Crippen molar-refractivity contribution in [3.8, 4) is 5.75 Å². The number of hydrogen-bond acceptors (Lipinski definition) is 3. The van der Waals surface area contributed by atoms with Gasteiger partial charge in [-0.2, -0.15) is 0 Å². The van der Waals surface area contributed by atoms with E-state index in [0.717, 1.165) is 15.2 Å². The predicted octanol–water partition coefficient (Wildman–Crippen LogP) is 4.81. The van der Waals surface area contributed by atoms with E-state index >= 15 is 0 Å². The third kappa shape index (κ3) is 3.41. The van der Waals surface area contributed by atoms with Crippen LogP contribution in [0.1, 0.15) is 5.76 Å². The standard InChI is InChI=1S/C17H11BrO3/c18-14-5-3-13-11-16(6-4-12(13)10-14)21-17(19)8-7-15-2-1-9-20-15/h1-11H/b8-7+. The van der Waals surface area contributed by atoms with Crippen molar-refractivity contribution in [1.29, 1.82) is 0 Å². The quantitative estimate of drug-likeness (QED) is 0.389. The average Bonchev–Trinajstić information content (AvgIpc) is 2.99. The SMILES string of the molecule is O=C(/C=C/c1ccco1)Oc1ccc2cc(Br)ccc2c1. The molecule has 0 aliphatic carbocycles. The van der Waals surface area contributed by atoms with E-state index in [0.29, 0.717) is 11.5 Å². The summed E-state index contributed by atoms with van der Waals surface area (Å²) in [5.41, 5.74) is 0. The van der Waals surface area contributed by atoms with E-state index in [-0.39, 0.29) is 0 Å². The molecule has 0 N–H and O–H groups in total. The van der Waals surface area contributed by atoms with Crippen LogP contribution in [0.25, 0.3) is 16.8 Å². The summed E-state index contributed by atoms with van der Waals surface area (Å²) in [4.78, 5) is 11.7. The summed E-state index contributed by atoms with van der Waals surface area (Å²) in [6, 6.07) is 15.0. The van der Waals surface area contributed by atoms with Crippen LogP contribution in [0.2, 0.25) is 0 Å². The molecule has 0 fully saturated rings. The van der Waals surface area contributed by atoms with E-state index in [2.05, 4.69) is 15.9 Å². The first-order chi connectivity index (χ1) is 10.2. The van der Waals surface area contributed by atoms with Gasteiger partial charge >= 0.3 is 5.97 Å². The van der Waals surface area contributed by atoms with Crippen LogP contribution in [0.5, 0.6) is 5.75 Å². The molecule has 1 aromatic heterocycles. The summed E-state index contributed by atoms with van der Waals surface area (Å²) >= 11 is 3.43. The van der Waals surface area contributed by atoms with Crippen molar-refractivity contribution in [2.45, 2.75) is 0 Å². The van der Waals surface area contributed by atoms with Crippen molar-refractivity contribution in [3.63, 3.8) is 0 Å². The third-order valence-corrected chi connectivity index (χ3v) is 3.41. The smallest absolute Gasteiger partial charge is 0.336 e. The molecule has 21 heavy (non-hydrogen) atoms. The Labute approximate surface area is 130 Å². The van der Waals surface area contributed by atoms with Gasteiger partial charge in [0.1, 0.15) is 11.5 Å². The molecule has 0 radical (unpaired) electrons. The maximum absolute atomic E-state index is 11.7. The Balaban J connectivity index is 1.75. The second-order valence-electron chi connectivity index (χ2n) is 4.42. The molecule has 0 bridgehead atoms. The zero-order valence-electron chi connectivity index (χ0n) is 11.0. The first-order valence-electron chi connectivity index (χ1n) is 6.33. The molecule has 1 heterocycles. The van der Waals surface area contributed by atoms with Gasteiger partial charge in [-0.15, -0.1) is 0 Å². The second-order valence-corrected chi connectivity index (χ2v) is 5.34. The number of esters is 1. The maximum atomic E-state index is 11.7. The highest BCUT2D eigenvalue weighted by Crippen LogP contribution is 2.24. The van der Waals surface area contributed by atoms with Gasteiger partial charge in [-0.3, -0.25) is 0 Å². The molecule has 0 atom stereocenters. The van der Waals surface area contributed by atoms with Crippen LogP contribution in [0.3, 0.4) is 0 Å². The number of carbonyl (C=O) groups is 1. The van der Waals surface area contributed by atoms with E-state index < -0.39 is 5.97 Å². The summed E-state index contributed by atoms with van der Waals surface area (Å²) in [6.45, 7) is 0. The number of rotatable bonds is 3. The zero-order valence-corrected chi connectivity index (χ0v) is 12.5. The van der Waals surface area contributed by atoms with E-state index in [4.69, 9.17) is 9.15 Å². The third-order valence-electron chi connectivity index (χ3n) is 2.92. The monoisotopic (exact) mass is 342 g/mol. The molecule has 3 nitrogen and oxygen atoms in total. The van der Waals surface area contributed by atoms with Gasteiger partial charge in [0.15, 0.2) is 0 Å². The normalized spacial score (nSPS) is 11.1. The molecule has 0 aliphatic heterocycles. The predicted molar refractivity (Wildman–Crippen MR) is 85.0 cm³/mol. The molecule has 0 aliphatic rings. The number of furan rings is 1.